The van der Waals surface area contributed by atoms with E-state index in [0.717, 1.165) is 28.7 Å². The Labute approximate surface area is 204 Å². The zero-order valence-corrected chi connectivity index (χ0v) is 19.7. The van der Waals surface area contributed by atoms with Crippen LogP contribution in [0.15, 0.2) is 66.7 Å². The summed E-state index contributed by atoms with van der Waals surface area (Å²) in [7, 11) is 0. The van der Waals surface area contributed by atoms with Crippen LogP contribution in [0.5, 0.6) is 11.5 Å². The maximum absolute atomic E-state index is 13.5. The van der Waals surface area contributed by atoms with E-state index < -0.39 is 0 Å². The third kappa shape index (κ3) is 5.38. The lowest BCUT2D eigenvalue weighted by molar-refractivity contribution is -0.126. The Morgan fingerprint density at radius 1 is 1.11 bits per heavy atom. The third-order valence-corrected chi connectivity index (χ3v) is 6.32. The molecule has 0 aromatic heterocycles. The Balaban J connectivity index is 1.46. The van der Waals surface area contributed by atoms with Crippen LogP contribution in [-0.4, -0.2) is 43.3 Å². The molecule has 1 amide bonds. The number of fused-ring (bicyclic) bond motifs is 1. The minimum absolute atomic E-state index is 0.0231. The van der Waals surface area contributed by atoms with Crippen molar-refractivity contribution in [3.63, 3.8) is 0 Å². The van der Waals surface area contributed by atoms with Gasteiger partial charge in [-0.1, -0.05) is 36.4 Å². The molecule has 5 rings (SSSR count). The minimum atomic E-state index is -0.333. The first-order valence-corrected chi connectivity index (χ1v) is 11.9. The Kier molecular flexibility index (Phi) is 6.82. The molecule has 2 aliphatic rings. The number of carbonyl (C=O) groups is 1. The molecule has 1 atom stereocenters. The van der Waals surface area contributed by atoms with Gasteiger partial charge in [0.1, 0.15) is 18.5 Å². The molecule has 0 aliphatic carbocycles. The first kappa shape index (κ1) is 23.1. The van der Waals surface area contributed by atoms with Crippen LogP contribution in [0.2, 0.25) is 0 Å². The molecule has 1 saturated heterocycles. The van der Waals surface area contributed by atoms with Gasteiger partial charge in [0.25, 0.3) is 0 Å². The van der Waals surface area contributed by atoms with Crippen molar-refractivity contribution in [2.75, 3.05) is 26.4 Å². The second-order valence-corrected chi connectivity index (χ2v) is 8.88. The van der Waals surface area contributed by atoms with Gasteiger partial charge >= 0.3 is 0 Å². The molecular formula is C29H28FNO4. The zero-order chi connectivity index (χ0) is 24.2. The van der Waals surface area contributed by atoms with Crippen molar-refractivity contribution in [3.05, 3.63) is 89.2 Å². The molecule has 35 heavy (non-hydrogen) atoms. The van der Waals surface area contributed by atoms with Crippen LogP contribution in [0.1, 0.15) is 23.1 Å². The highest BCUT2D eigenvalue weighted by molar-refractivity contribution is 5.92. The largest absolute Gasteiger partial charge is 0.487 e. The number of benzene rings is 3. The van der Waals surface area contributed by atoms with Gasteiger partial charge in [-0.2, -0.15) is 0 Å². The number of ether oxygens (including phenoxy) is 3. The van der Waals surface area contributed by atoms with E-state index in [1.165, 1.54) is 18.2 Å². The van der Waals surface area contributed by atoms with Gasteiger partial charge in [-0.25, -0.2) is 4.39 Å². The Morgan fingerprint density at radius 3 is 2.80 bits per heavy atom. The summed E-state index contributed by atoms with van der Waals surface area (Å²) < 4.78 is 31.5. The molecule has 2 aliphatic heterocycles. The first-order valence-electron chi connectivity index (χ1n) is 11.9. The smallest absolute Gasteiger partial charge is 0.246 e. The second-order valence-electron chi connectivity index (χ2n) is 8.88. The van der Waals surface area contributed by atoms with E-state index in [-0.39, 0.29) is 17.8 Å². The number of hydrogen-bond donors (Lipinski definition) is 0. The van der Waals surface area contributed by atoms with Crippen molar-refractivity contribution in [2.45, 2.75) is 26.0 Å². The predicted molar refractivity (Wildman–Crippen MR) is 133 cm³/mol. The summed E-state index contributed by atoms with van der Waals surface area (Å²) in [5, 5.41) is 0. The van der Waals surface area contributed by atoms with E-state index >= 15 is 0 Å². The molecule has 0 N–H and O–H groups in total. The van der Waals surface area contributed by atoms with E-state index in [1.54, 1.807) is 23.1 Å². The molecule has 0 spiro atoms. The second kappa shape index (κ2) is 10.3. The van der Waals surface area contributed by atoms with Crippen molar-refractivity contribution in [1.29, 1.82) is 0 Å². The van der Waals surface area contributed by atoms with Crippen LogP contribution in [0.3, 0.4) is 0 Å². The zero-order valence-electron chi connectivity index (χ0n) is 19.7. The molecule has 6 heteroatoms. The van der Waals surface area contributed by atoms with Crippen molar-refractivity contribution < 1.29 is 23.4 Å². The Morgan fingerprint density at radius 2 is 2.00 bits per heavy atom. The van der Waals surface area contributed by atoms with Gasteiger partial charge in [-0.3, -0.25) is 4.79 Å². The highest BCUT2D eigenvalue weighted by atomic mass is 19.1. The summed E-state index contributed by atoms with van der Waals surface area (Å²) in [5.74, 6) is 0.874. The summed E-state index contributed by atoms with van der Waals surface area (Å²) in [6.07, 6.45) is 3.93. The van der Waals surface area contributed by atoms with Gasteiger partial charge < -0.3 is 19.1 Å². The molecule has 1 unspecified atom stereocenters. The monoisotopic (exact) mass is 473 g/mol. The highest BCUT2D eigenvalue weighted by Crippen LogP contribution is 2.40. The average Bonchev–Trinajstić information content (AvgIpc) is 3.26. The van der Waals surface area contributed by atoms with E-state index in [4.69, 9.17) is 14.2 Å². The summed E-state index contributed by atoms with van der Waals surface area (Å²) in [6.45, 7) is 4.50. The molecular weight excluding hydrogens is 445 g/mol. The normalized spacial score (nSPS) is 17.7. The number of nitrogens with zero attached hydrogens (tertiary/aromatic N) is 1. The lowest BCUT2D eigenvalue weighted by Gasteiger charge is -2.20. The maximum atomic E-state index is 13.5. The molecule has 0 saturated carbocycles. The minimum Gasteiger partial charge on any atom is -0.487 e. The van der Waals surface area contributed by atoms with Crippen molar-refractivity contribution in [2.24, 2.45) is 0 Å². The Hall–Kier alpha value is -3.64. The van der Waals surface area contributed by atoms with E-state index in [9.17, 15) is 9.18 Å². The molecule has 180 valence electrons. The molecule has 0 bridgehead atoms. The van der Waals surface area contributed by atoms with Crippen LogP contribution in [0, 0.1) is 12.7 Å². The lowest BCUT2D eigenvalue weighted by atomic mass is 9.97. The van der Waals surface area contributed by atoms with Gasteiger partial charge in [-0.15, -0.1) is 0 Å². The van der Waals surface area contributed by atoms with Gasteiger partial charge in [0.05, 0.1) is 19.8 Å². The summed E-state index contributed by atoms with van der Waals surface area (Å²) >= 11 is 0. The quantitative estimate of drug-likeness (QED) is 0.466. The van der Waals surface area contributed by atoms with Crippen LogP contribution in [0.25, 0.3) is 17.2 Å². The number of hydrogen-bond acceptors (Lipinski definition) is 4. The van der Waals surface area contributed by atoms with Crippen LogP contribution in [-0.2, 0) is 16.1 Å². The number of amides is 1. The maximum Gasteiger partial charge on any atom is 0.246 e. The van der Waals surface area contributed by atoms with Gasteiger partial charge in [-0.05, 0) is 59.5 Å². The fourth-order valence-corrected chi connectivity index (χ4v) is 4.48. The molecule has 2 heterocycles. The molecule has 0 radical (unpaired) electrons. The van der Waals surface area contributed by atoms with Crippen LogP contribution >= 0.6 is 0 Å². The van der Waals surface area contributed by atoms with E-state index in [2.05, 4.69) is 25.1 Å². The number of carbonyl (C=O) groups excluding carboxylic acids is 1. The standard InChI is InChI=1S/C29H28FNO4/c1-20-5-2-3-8-26(20)22-16-23-18-31(28(32)10-9-21-6-4-7-24(30)15-21)12-14-34-29(23)27(17-22)35-25-11-13-33-19-25/h2-10,15-17,25H,11-14,18-19H2,1H3/b10-9+. The predicted octanol–water partition coefficient (Wildman–Crippen LogP) is 5.40. The third-order valence-electron chi connectivity index (χ3n) is 6.32. The van der Waals surface area contributed by atoms with Gasteiger partial charge in [0, 0.05) is 24.6 Å². The Bertz CT molecular complexity index is 1250. The van der Waals surface area contributed by atoms with Crippen molar-refractivity contribution >= 4 is 12.0 Å². The van der Waals surface area contributed by atoms with Gasteiger partial charge in [0.15, 0.2) is 11.5 Å². The summed E-state index contributed by atoms with van der Waals surface area (Å²) in [6, 6.07) is 18.5. The number of halogens is 1. The van der Waals surface area contributed by atoms with Crippen LogP contribution < -0.4 is 9.47 Å². The number of aryl methyl sites for hydroxylation is 1. The molecule has 1 fully saturated rings. The first-order chi connectivity index (χ1) is 17.1. The highest BCUT2D eigenvalue weighted by Gasteiger charge is 2.26. The van der Waals surface area contributed by atoms with E-state index in [0.29, 0.717) is 50.0 Å². The van der Waals surface area contributed by atoms with Crippen LogP contribution in [0.4, 0.5) is 4.39 Å². The lowest BCUT2D eigenvalue weighted by Crippen LogP contribution is -2.30. The summed E-state index contributed by atoms with van der Waals surface area (Å²) in [5.41, 5.74) is 4.81. The van der Waals surface area contributed by atoms with Crippen molar-refractivity contribution in [3.8, 4) is 22.6 Å². The van der Waals surface area contributed by atoms with Crippen molar-refractivity contribution in [1.82, 2.24) is 4.90 Å². The SMILES string of the molecule is Cc1ccccc1-c1cc2c(c(OC3CCOC3)c1)OCCN(C(=O)/C=C/c1cccc(F)c1)C2. The fourth-order valence-electron chi connectivity index (χ4n) is 4.48. The molecule has 3 aromatic rings. The molecule has 5 nitrogen and oxygen atoms in total. The van der Waals surface area contributed by atoms with E-state index in [1.807, 2.05) is 18.2 Å². The number of rotatable bonds is 5. The fraction of sp³-hybridized carbons (Fsp3) is 0.276. The topological polar surface area (TPSA) is 48.0 Å². The average molecular weight is 474 g/mol. The molecule has 3 aromatic carbocycles. The summed E-state index contributed by atoms with van der Waals surface area (Å²) in [4.78, 5) is 14.8. The van der Waals surface area contributed by atoms with Gasteiger partial charge in [0.2, 0.25) is 5.91 Å².